The van der Waals surface area contributed by atoms with E-state index >= 15 is 0 Å². The highest BCUT2D eigenvalue weighted by Crippen LogP contribution is 2.54. The smallest absolute Gasteiger partial charge is 0.0468 e. The molecule has 2 heteroatoms. The molecule has 0 spiro atoms. The Kier molecular flexibility index (Phi) is 9.05. The van der Waals surface area contributed by atoms with Crippen molar-refractivity contribution in [3.63, 3.8) is 0 Å². The predicted octanol–water partition coefficient (Wildman–Crippen LogP) is 19.4. The first-order chi connectivity index (χ1) is 34.7. The minimum Gasteiger partial charge on any atom is -0.310 e. The summed E-state index contributed by atoms with van der Waals surface area (Å²) in [5.41, 5.74) is 20.3. The van der Waals surface area contributed by atoms with Crippen LogP contribution in [0.25, 0.3) is 71.4 Å². The first-order valence-corrected chi connectivity index (χ1v) is 25.4. The van der Waals surface area contributed by atoms with E-state index < -0.39 is 0 Å². The monoisotopic (exact) mass is 910 g/mol. The standard InChI is InChI=1S/C69H54N2/c1-43-19-18-28-56-60-40-47(71(45-22-10-7-11-23-45)49-32-36-54-52-26-15-17-30-62(52)69(4,5)64(54)42-49)33-37-57(60)66-55-27-13-12-24-50(55)59-39-46(34-38-58(59)67(66)65(43)56)70(44-20-8-6-9-21-44)48-31-35-53-51-25-14-16-29-61(51)68(2,3)63(53)41-48/h6-18,20-43H,19H2,1-5H3. The van der Waals surface area contributed by atoms with E-state index in [1.54, 1.807) is 0 Å². The van der Waals surface area contributed by atoms with Gasteiger partial charge >= 0.3 is 0 Å². The Bertz CT molecular complexity index is 4040. The normalized spacial score (nSPS) is 15.6. The Hall–Kier alpha value is -8.20. The lowest BCUT2D eigenvalue weighted by Crippen LogP contribution is -2.16. The van der Waals surface area contributed by atoms with Gasteiger partial charge in [0.1, 0.15) is 0 Å². The molecule has 0 amide bonds. The zero-order valence-electron chi connectivity index (χ0n) is 41.0. The van der Waals surface area contributed by atoms with Gasteiger partial charge in [-0.2, -0.15) is 0 Å². The number of benzene rings is 11. The van der Waals surface area contributed by atoms with Crippen LogP contribution in [0.5, 0.6) is 0 Å². The molecule has 0 aliphatic heterocycles. The van der Waals surface area contributed by atoms with Gasteiger partial charge in [-0.15, -0.1) is 0 Å². The summed E-state index contributed by atoms with van der Waals surface area (Å²) in [6.07, 6.45) is 5.82. The maximum Gasteiger partial charge on any atom is 0.0468 e. The third-order valence-corrected chi connectivity index (χ3v) is 16.6. The summed E-state index contributed by atoms with van der Waals surface area (Å²) in [7, 11) is 0. The molecule has 11 aromatic rings. The molecule has 0 saturated heterocycles. The lowest BCUT2D eigenvalue weighted by Gasteiger charge is -2.30. The van der Waals surface area contributed by atoms with Crippen LogP contribution in [0.2, 0.25) is 0 Å². The molecule has 2 nitrogen and oxygen atoms in total. The Labute approximate surface area is 416 Å². The van der Waals surface area contributed by atoms with E-state index in [-0.39, 0.29) is 10.8 Å². The van der Waals surface area contributed by atoms with E-state index in [4.69, 9.17) is 0 Å². The van der Waals surface area contributed by atoms with Crippen LogP contribution in [-0.2, 0) is 10.8 Å². The zero-order valence-corrected chi connectivity index (χ0v) is 41.0. The number of fused-ring (bicyclic) bond motifs is 17. The molecule has 0 N–H and O–H groups in total. The molecular weight excluding hydrogens is 857 g/mol. The van der Waals surface area contributed by atoms with Crippen LogP contribution in [0.4, 0.5) is 34.1 Å². The highest BCUT2D eigenvalue weighted by molar-refractivity contribution is 6.34. The maximum absolute atomic E-state index is 2.48. The molecule has 0 saturated carbocycles. The van der Waals surface area contributed by atoms with Gasteiger partial charge in [-0.05, 0) is 184 Å². The maximum atomic E-state index is 2.48. The average molecular weight is 911 g/mol. The number of rotatable bonds is 6. The fourth-order valence-electron chi connectivity index (χ4n) is 13.2. The summed E-state index contributed by atoms with van der Waals surface area (Å²) in [5, 5.41) is 10.4. The topological polar surface area (TPSA) is 6.48 Å². The van der Waals surface area contributed by atoms with Crippen LogP contribution in [0, 0.1) is 0 Å². The van der Waals surface area contributed by atoms with Gasteiger partial charge in [0.2, 0.25) is 0 Å². The molecule has 11 aromatic carbocycles. The molecule has 3 aliphatic carbocycles. The summed E-state index contributed by atoms with van der Waals surface area (Å²) >= 11 is 0. The quantitative estimate of drug-likeness (QED) is 0.153. The molecule has 1 atom stereocenters. The molecule has 1 unspecified atom stereocenters. The molecule has 0 bridgehead atoms. The third kappa shape index (κ3) is 6.07. The summed E-state index contributed by atoms with van der Waals surface area (Å²) in [4.78, 5) is 4.92. The van der Waals surface area contributed by atoms with Crippen molar-refractivity contribution in [2.45, 2.75) is 57.8 Å². The van der Waals surface area contributed by atoms with Gasteiger partial charge in [0.25, 0.3) is 0 Å². The van der Waals surface area contributed by atoms with Gasteiger partial charge in [0.15, 0.2) is 0 Å². The molecule has 3 aliphatic rings. The minimum absolute atomic E-state index is 0.108. The fraction of sp³-hybridized carbons (Fsp3) is 0.130. The molecule has 0 fully saturated rings. The molecule has 71 heavy (non-hydrogen) atoms. The van der Waals surface area contributed by atoms with Crippen LogP contribution in [0.1, 0.15) is 80.3 Å². The van der Waals surface area contributed by atoms with Gasteiger partial charge in [0, 0.05) is 45.0 Å². The van der Waals surface area contributed by atoms with Crippen molar-refractivity contribution in [2.75, 3.05) is 9.80 Å². The lowest BCUT2D eigenvalue weighted by atomic mass is 9.78. The molecule has 0 heterocycles. The molecule has 14 rings (SSSR count). The number of hydrogen-bond acceptors (Lipinski definition) is 2. The van der Waals surface area contributed by atoms with E-state index in [0.29, 0.717) is 5.92 Å². The molecule has 0 radical (unpaired) electrons. The predicted molar refractivity (Wildman–Crippen MR) is 303 cm³/mol. The van der Waals surface area contributed by atoms with Crippen LogP contribution in [0.15, 0.2) is 212 Å². The van der Waals surface area contributed by atoms with Crippen LogP contribution in [0.3, 0.4) is 0 Å². The van der Waals surface area contributed by atoms with Gasteiger partial charge in [-0.3, -0.25) is 0 Å². The summed E-state index contributed by atoms with van der Waals surface area (Å²) < 4.78 is 0. The number of allylic oxidation sites excluding steroid dienone is 1. The van der Waals surface area contributed by atoms with Crippen LogP contribution < -0.4 is 9.80 Å². The minimum atomic E-state index is -0.109. The second-order valence-electron chi connectivity index (χ2n) is 21.3. The third-order valence-electron chi connectivity index (χ3n) is 16.6. The van der Waals surface area contributed by atoms with E-state index in [1.807, 2.05) is 0 Å². The Morgan fingerprint density at radius 3 is 1.34 bits per heavy atom. The SMILES string of the molecule is CC1CC=Cc2c1c1c3ccc(N(c4ccccc4)c4ccc5c(c4)C(C)(C)c4ccccc4-5)cc3c3ccccc3c1c1ccc(N(c3ccccc3)c3ccc4c(c3)C(C)(C)c3ccccc3-4)cc21. The number of para-hydroxylation sites is 2. The van der Waals surface area contributed by atoms with E-state index in [9.17, 15) is 0 Å². The van der Waals surface area contributed by atoms with Gasteiger partial charge in [-0.25, -0.2) is 0 Å². The Morgan fingerprint density at radius 1 is 0.352 bits per heavy atom. The van der Waals surface area contributed by atoms with Crippen molar-refractivity contribution in [3.05, 3.63) is 246 Å². The Balaban J connectivity index is 0.982. The summed E-state index contributed by atoms with van der Waals surface area (Å²) in [6.45, 7) is 11.9. The molecular formula is C69H54N2. The van der Waals surface area contributed by atoms with Crippen molar-refractivity contribution in [2.24, 2.45) is 0 Å². The summed E-state index contributed by atoms with van der Waals surface area (Å²) in [5.74, 6) is 0.333. The first-order valence-electron chi connectivity index (χ1n) is 25.4. The van der Waals surface area contributed by atoms with Crippen molar-refractivity contribution >= 4 is 83.3 Å². The van der Waals surface area contributed by atoms with Gasteiger partial charge < -0.3 is 9.80 Å². The largest absolute Gasteiger partial charge is 0.310 e. The second kappa shape index (κ2) is 15.4. The number of nitrogens with zero attached hydrogens (tertiary/aromatic N) is 2. The summed E-state index contributed by atoms with van der Waals surface area (Å²) in [6, 6.07) is 77.6. The Morgan fingerprint density at radius 2 is 0.775 bits per heavy atom. The fourth-order valence-corrected chi connectivity index (χ4v) is 13.2. The number of anilines is 6. The number of hydrogen-bond donors (Lipinski definition) is 0. The van der Waals surface area contributed by atoms with E-state index in [0.717, 1.165) is 34.9 Å². The molecule has 340 valence electrons. The van der Waals surface area contributed by atoms with Gasteiger partial charge in [0.05, 0.1) is 0 Å². The van der Waals surface area contributed by atoms with Crippen molar-refractivity contribution in [1.82, 2.24) is 0 Å². The van der Waals surface area contributed by atoms with Gasteiger partial charge in [-0.1, -0.05) is 180 Å². The first kappa shape index (κ1) is 41.7. The van der Waals surface area contributed by atoms with Crippen molar-refractivity contribution in [1.29, 1.82) is 0 Å². The van der Waals surface area contributed by atoms with E-state index in [2.05, 4.69) is 263 Å². The van der Waals surface area contributed by atoms with E-state index in [1.165, 1.54) is 104 Å². The van der Waals surface area contributed by atoms with Crippen LogP contribution in [-0.4, -0.2) is 0 Å². The average Bonchev–Trinajstić information content (AvgIpc) is 3.78. The van der Waals surface area contributed by atoms with Crippen molar-refractivity contribution < 1.29 is 0 Å². The molecule has 0 aromatic heterocycles. The van der Waals surface area contributed by atoms with Crippen molar-refractivity contribution in [3.8, 4) is 22.3 Å². The zero-order chi connectivity index (χ0) is 47.8. The lowest BCUT2D eigenvalue weighted by molar-refractivity contribution is 0.660. The highest BCUT2D eigenvalue weighted by atomic mass is 15.1. The van der Waals surface area contributed by atoms with Crippen LogP contribution >= 0.6 is 0 Å². The second-order valence-corrected chi connectivity index (χ2v) is 21.3. The highest BCUT2D eigenvalue weighted by Gasteiger charge is 2.37.